The van der Waals surface area contributed by atoms with E-state index in [0.717, 1.165) is 0 Å². The predicted molar refractivity (Wildman–Crippen MR) is 60.2 cm³/mol. The number of ketones is 1. The van der Waals surface area contributed by atoms with Gasteiger partial charge in [0.1, 0.15) is 0 Å². The van der Waals surface area contributed by atoms with Gasteiger partial charge in [0.15, 0.2) is 5.78 Å². The van der Waals surface area contributed by atoms with Crippen molar-refractivity contribution in [2.45, 2.75) is 6.92 Å². The van der Waals surface area contributed by atoms with Crippen LogP contribution in [0.3, 0.4) is 0 Å². The Balaban J connectivity index is 3.13. The highest BCUT2D eigenvalue weighted by Gasteiger charge is 2.16. The first kappa shape index (κ1) is 12.2. The minimum atomic E-state index is -0.535. The van der Waals surface area contributed by atoms with Gasteiger partial charge in [-0.2, -0.15) is 0 Å². The Bertz CT molecular complexity index is 416. The SMILES string of the molecule is CCOC(=O)c1cccc(C(=O)CN)c1N. The molecule has 5 nitrogen and oxygen atoms in total. The Morgan fingerprint density at radius 2 is 1.94 bits per heavy atom. The van der Waals surface area contributed by atoms with E-state index in [4.69, 9.17) is 16.2 Å². The van der Waals surface area contributed by atoms with Crippen molar-refractivity contribution in [3.63, 3.8) is 0 Å². The second-order valence-electron chi connectivity index (χ2n) is 3.11. The monoisotopic (exact) mass is 222 g/mol. The number of ether oxygens (including phenoxy) is 1. The maximum atomic E-state index is 11.5. The Hall–Kier alpha value is -1.88. The molecule has 0 saturated heterocycles. The van der Waals surface area contributed by atoms with E-state index in [2.05, 4.69) is 0 Å². The third kappa shape index (κ3) is 2.38. The lowest BCUT2D eigenvalue weighted by Gasteiger charge is -2.08. The van der Waals surface area contributed by atoms with E-state index in [1.165, 1.54) is 12.1 Å². The van der Waals surface area contributed by atoms with E-state index in [0.29, 0.717) is 0 Å². The zero-order valence-corrected chi connectivity index (χ0v) is 9.03. The fourth-order valence-electron chi connectivity index (χ4n) is 1.31. The highest BCUT2D eigenvalue weighted by atomic mass is 16.5. The zero-order valence-electron chi connectivity index (χ0n) is 9.03. The van der Waals surface area contributed by atoms with E-state index in [-0.39, 0.29) is 35.7 Å². The van der Waals surface area contributed by atoms with E-state index in [1.807, 2.05) is 0 Å². The number of hydrogen-bond donors (Lipinski definition) is 2. The minimum absolute atomic E-state index is 0.122. The molecule has 0 atom stereocenters. The zero-order chi connectivity index (χ0) is 12.1. The lowest BCUT2D eigenvalue weighted by Crippen LogP contribution is -2.17. The van der Waals surface area contributed by atoms with Crippen LogP contribution in [-0.2, 0) is 4.74 Å². The molecule has 0 aliphatic heterocycles. The van der Waals surface area contributed by atoms with E-state index in [9.17, 15) is 9.59 Å². The quantitative estimate of drug-likeness (QED) is 0.441. The van der Waals surface area contributed by atoms with Gasteiger partial charge >= 0.3 is 5.97 Å². The van der Waals surface area contributed by atoms with Gasteiger partial charge in [0.25, 0.3) is 0 Å². The van der Waals surface area contributed by atoms with Crippen LogP contribution < -0.4 is 11.5 Å². The van der Waals surface area contributed by atoms with E-state index < -0.39 is 5.97 Å². The van der Waals surface area contributed by atoms with Gasteiger partial charge in [-0.05, 0) is 19.1 Å². The first-order chi connectivity index (χ1) is 7.61. The third-order valence-electron chi connectivity index (χ3n) is 2.09. The number of carbonyl (C=O) groups excluding carboxylic acids is 2. The Labute approximate surface area is 93.4 Å². The summed E-state index contributed by atoms with van der Waals surface area (Å²) in [4.78, 5) is 22.9. The van der Waals surface area contributed by atoms with Crippen molar-refractivity contribution in [1.82, 2.24) is 0 Å². The molecule has 4 N–H and O–H groups in total. The molecule has 0 aliphatic rings. The number of hydrogen-bond acceptors (Lipinski definition) is 5. The molecule has 0 unspecified atom stereocenters. The Morgan fingerprint density at radius 1 is 1.31 bits per heavy atom. The number of esters is 1. The van der Waals surface area contributed by atoms with Crippen LogP contribution >= 0.6 is 0 Å². The van der Waals surface area contributed by atoms with E-state index in [1.54, 1.807) is 13.0 Å². The molecule has 0 fully saturated rings. The first-order valence-electron chi connectivity index (χ1n) is 4.90. The largest absolute Gasteiger partial charge is 0.462 e. The molecule has 0 amide bonds. The van der Waals surface area contributed by atoms with Crippen molar-refractivity contribution >= 4 is 17.4 Å². The summed E-state index contributed by atoms with van der Waals surface area (Å²) in [7, 11) is 0. The van der Waals surface area contributed by atoms with Gasteiger partial charge in [0.05, 0.1) is 24.4 Å². The molecular weight excluding hydrogens is 208 g/mol. The van der Waals surface area contributed by atoms with Crippen LogP contribution in [0.5, 0.6) is 0 Å². The third-order valence-corrected chi connectivity index (χ3v) is 2.09. The van der Waals surface area contributed by atoms with Gasteiger partial charge < -0.3 is 16.2 Å². The molecule has 0 heterocycles. The molecule has 0 aliphatic carbocycles. The van der Waals surface area contributed by atoms with E-state index >= 15 is 0 Å². The predicted octanol–water partition coefficient (Wildman–Crippen LogP) is 0.587. The van der Waals surface area contributed by atoms with Gasteiger partial charge in [-0.3, -0.25) is 4.79 Å². The van der Waals surface area contributed by atoms with Gasteiger partial charge in [-0.15, -0.1) is 0 Å². The summed E-state index contributed by atoms with van der Waals surface area (Å²) >= 11 is 0. The topological polar surface area (TPSA) is 95.4 Å². The van der Waals surface area contributed by atoms with Crippen LogP contribution in [0.4, 0.5) is 5.69 Å². The van der Waals surface area contributed by atoms with Crippen LogP contribution in [0.2, 0.25) is 0 Å². The van der Waals surface area contributed by atoms with Crippen molar-refractivity contribution < 1.29 is 14.3 Å². The van der Waals surface area contributed by atoms with Crippen molar-refractivity contribution in [2.75, 3.05) is 18.9 Å². The standard InChI is InChI=1S/C11H14N2O3/c1-2-16-11(15)8-5-3-4-7(10(8)13)9(14)6-12/h3-5H,2,6,12-13H2,1H3. The molecule has 0 aromatic heterocycles. The molecule has 1 aromatic carbocycles. The normalized spacial score (nSPS) is 9.88. The Morgan fingerprint density at radius 3 is 2.50 bits per heavy atom. The van der Waals surface area contributed by atoms with Gasteiger partial charge in [-0.25, -0.2) is 4.79 Å². The van der Waals surface area contributed by atoms with Crippen LogP contribution in [0, 0.1) is 0 Å². The number of nitrogens with two attached hydrogens (primary N) is 2. The van der Waals surface area contributed by atoms with Gasteiger partial charge in [-0.1, -0.05) is 6.07 Å². The number of nitrogen functional groups attached to an aromatic ring is 1. The van der Waals surface area contributed by atoms with Crippen LogP contribution in [-0.4, -0.2) is 24.9 Å². The summed E-state index contributed by atoms with van der Waals surface area (Å²) in [6.45, 7) is 1.81. The molecule has 1 aromatic rings. The number of Topliss-reactive ketones (excluding diaryl/α,β-unsaturated/α-hetero) is 1. The lowest BCUT2D eigenvalue weighted by atomic mass is 10.0. The Kier molecular flexibility index (Phi) is 4.02. The minimum Gasteiger partial charge on any atom is -0.462 e. The number of para-hydroxylation sites is 1. The van der Waals surface area contributed by atoms with Gasteiger partial charge in [0, 0.05) is 5.56 Å². The van der Waals surface area contributed by atoms with Crippen LogP contribution in [0.15, 0.2) is 18.2 Å². The summed E-state index contributed by atoms with van der Waals surface area (Å²) in [5.74, 6) is -0.838. The average molecular weight is 222 g/mol. The second kappa shape index (κ2) is 5.27. The lowest BCUT2D eigenvalue weighted by molar-refractivity contribution is 0.0527. The number of anilines is 1. The van der Waals surface area contributed by atoms with Crippen molar-refractivity contribution in [1.29, 1.82) is 0 Å². The molecule has 0 saturated carbocycles. The second-order valence-corrected chi connectivity index (χ2v) is 3.11. The molecule has 0 spiro atoms. The summed E-state index contributed by atoms with van der Waals surface area (Å²) in [5.41, 5.74) is 11.5. The van der Waals surface area contributed by atoms with Crippen molar-refractivity contribution in [3.05, 3.63) is 29.3 Å². The van der Waals surface area contributed by atoms with Crippen molar-refractivity contribution in [2.24, 2.45) is 5.73 Å². The summed E-state index contributed by atoms with van der Waals surface area (Å²) in [5, 5.41) is 0. The fraction of sp³-hybridized carbons (Fsp3) is 0.273. The maximum Gasteiger partial charge on any atom is 0.340 e. The summed E-state index contributed by atoms with van der Waals surface area (Å²) < 4.78 is 4.82. The average Bonchev–Trinajstić information content (AvgIpc) is 2.28. The molecule has 16 heavy (non-hydrogen) atoms. The number of carbonyl (C=O) groups is 2. The number of rotatable bonds is 4. The van der Waals surface area contributed by atoms with Crippen molar-refractivity contribution in [3.8, 4) is 0 Å². The molecule has 5 heteroatoms. The van der Waals surface area contributed by atoms with Gasteiger partial charge in [0.2, 0.25) is 0 Å². The number of benzene rings is 1. The molecule has 86 valence electrons. The molecular formula is C11H14N2O3. The first-order valence-corrected chi connectivity index (χ1v) is 4.90. The molecule has 0 radical (unpaired) electrons. The summed E-state index contributed by atoms with van der Waals surface area (Å²) in [6, 6.07) is 4.62. The summed E-state index contributed by atoms with van der Waals surface area (Å²) in [6.07, 6.45) is 0. The fourth-order valence-corrected chi connectivity index (χ4v) is 1.31. The maximum absolute atomic E-state index is 11.5. The smallest absolute Gasteiger partial charge is 0.340 e. The highest BCUT2D eigenvalue weighted by molar-refractivity contribution is 6.07. The van der Waals surface area contributed by atoms with Crippen LogP contribution in [0.25, 0.3) is 0 Å². The molecule has 1 rings (SSSR count). The molecule has 0 bridgehead atoms. The highest BCUT2D eigenvalue weighted by Crippen LogP contribution is 2.18. The van der Waals surface area contributed by atoms with Crippen LogP contribution in [0.1, 0.15) is 27.6 Å².